The maximum absolute atomic E-state index is 9.69. The van der Waals surface area contributed by atoms with Crippen molar-refractivity contribution < 1.29 is 5.11 Å². The molecule has 0 aliphatic rings. The minimum absolute atomic E-state index is 0.368. The van der Waals surface area contributed by atoms with Gasteiger partial charge in [0.25, 0.3) is 0 Å². The molecule has 1 aromatic rings. The van der Waals surface area contributed by atoms with Crippen molar-refractivity contribution in [3.63, 3.8) is 0 Å². The number of aliphatic hydroxyl groups excluding tert-OH is 1. The van der Waals surface area contributed by atoms with Crippen molar-refractivity contribution in [1.29, 1.82) is 0 Å². The van der Waals surface area contributed by atoms with Gasteiger partial charge in [-0.1, -0.05) is 13.8 Å². The molecule has 1 N–H and O–H groups in total. The minimum atomic E-state index is -0.368. The quantitative estimate of drug-likeness (QED) is 0.772. The van der Waals surface area contributed by atoms with Crippen molar-refractivity contribution >= 4 is 0 Å². The van der Waals surface area contributed by atoms with Crippen LogP contribution in [-0.4, -0.2) is 14.9 Å². The van der Waals surface area contributed by atoms with Crippen LogP contribution in [-0.2, 0) is 13.0 Å². The van der Waals surface area contributed by atoms with E-state index in [4.69, 9.17) is 0 Å². The van der Waals surface area contributed by atoms with Gasteiger partial charge in [0.1, 0.15) is 0 Å². The first-order valence-corrected chi connectivity index (χ1v) is 4.97. The largest absolute Gasteiger partial charge is 0.387 e. The Morgan fingerprint density at radius 3 is 2.62 bits per heavy atom. The number of aliphatic hydroxyl groups is 1. The Labute approximate surface area is 79.4 Å². The highest BCUT2D eigenvalue weighted by Gasteiger charge is 2.12. The summed E-state index contributed by atoms with van der Waals surface area (Å²) in [5.41, 5.74) is 2.01. The fourth-order valence-corrected chi connectivity index (χ4v) is 1.39. The predicted molar refractivity (Wildman–Crippen MR) is 52.5 cm³/mol. The van der Waals surface area contributed by atoms with Crippen LogP contribution in [0.5, 0.6) is 0 Å². The number of aromatic nitrogens is 2. The van der Waals surface area contributed by atoms with E-state index >= 15 is 0 Å². The van der Waals surface area contributed by atoms with E-state index < -0.39 is 0 Å². The van der Waals surface area contributed by atoms with Crippen molar-refractivity contribution in [2.24, 2.45) is 0 Å². The fraction of sp³-hybridized carbons (Fsp3) is 0.700. The van der Waals surface area contributed by atoms with Gasteiger partial charge in [0.05, 0.1) is 17.5 Å². The van der Waals surface area contributed by atoms with Crippen LogP contribution in [0.4, 0.5) is 0 Å². The molecule has 0 aromatic carbocycles. The van der Waals surface area contributed by atoms with Gasteiger partial charge in [-0.05, 0) is 25.8 Å². The molecule has 13 heavy (non-hydrogen) atoms. The van der Waals surface area contributed by atoms with Crippen LogP contribution < -0.4 is 0 Å². The average Bonchev–Trinajstić information content (AvgIpc) is 2.59. The molecule has 0 aliphatic heterocycles. The van der Waals surface area contributed by atoms with E-state index in [1.165, 1.54) is 0 Å². The maximum Gasteiger partial charge on any atom is 0.0954 e. The van der Waals surface area contributed by atoms with Crippen LogP contribution in [0, 0.1) is 0 Å². The molecule has 0 saturated carbocycles. The summed E-state index contributed by atoms with van der Waals surface area (Å²) in [6.07, 6.45) is 1.30. The second-order valence-corrected chi connectivity index (χ2v) is 3.15. The summed E-state index contributed by atoms with van der Waals surface area (Å²) in [7, 11) is 0. The molecule has 0 bridgehead atoms. The Kier molecular flexibility index (Phi) is 3.48. The summed E-state index contributed by atoms with van der Waals surface area (Å²) < 4.78 is 1.88. The van der Waals surface area contributed by atoms with Crippen LogP contribution in [0.2, 0.25) is 0 Å². The summed E-state index contributed by atoms with van der Waals surface area (Å²) in [4.78, 5) is 0. The summed E-state index contributed by atoms with van der Waals surface area (Å²) in [5, 5.41) is 14.1. The third kappa shape index (κ3) is 2.10. The Morgan fingerprint density at radius 1 is 1.46 bits per heavy atom. The summed E-state index contributed by atoms with van der Waals surface area (Å²) in [5.74, 6) is 0. The summed E-state index contributed by atoms with van der Waals surface area (Å²) in [6.45, 7) is 6.92. The Hall–Kier alpha value is -0.830. The van der Waals surface area contributed by atoms with Gasteiger partial charge in [-0.2, -0.15) is 5.10 Å². The van der Waals surface area contributed by atoms with Crippen LogP contribution in [0.3, 0.4) is 0 Å². The lowest BCUT2D eigenvalue weighted by Crippen LogP contribution is -2.06. The molecule has 3 nitrogen and oxygen atoms in total. The van der Waals surface area contributed by atoms with Crippen LogP contribution >= 0.6 is 0 Å². The van der Waals surface area contributed by atoms with Gasteiger partial charge >= 0.3 is 0 Å². The molecule has 1 atom stereocenters. The van der Waals surface area contributed by atoms with E-state index in [2.05, 4.69) is 12.0 Å². The molecule has 0 fully saturated rings. The van der Waals surface area contributed by atoms with E-state index in [0.29, 0.717) is 0 Å². The van der Waals surface area contributed by atoms with Gasteiger partial charge in [0.2, 0.25) is 0 Å². The zero-order chi connectivity index (χ0) is 9.84. The van der Waals surface area contributed by atoms with Crippen LogP contribution in [0.1, 0.15) is 44.7 Å². The maximum atomic E-state index is 9.69. The SMILES string of the molecule is CCc1cc(C(O)CC)n(CC)n1. The van der Waals surface area contributed by atoms with Gasteiger partial charge < -0.3 is 5.11 Å². The lowest BCUT2D eigenvalue weighted by atomic mass is 10.2. The molecule has 1 rings (SSSR count). The number of nitrogens with zero attached hydrogens (tertiary/aromatic N) is 2. The number of hydrogen-bond acceptors (Lipinski definition) is 2. The Morgan fingerprint density at radius 2 is 2.15 bits per heavy atom. The minimum Gasteiger partial charge on any atom is -0.387 e. The molecule has 3 heteroatoms. The van der Waals surface area contributed by atoms with Gasteiger partial charge in [-0.15, -0.1) is 0 Å². The number of hydrogen-bond donors (Lipinski definition) is 1. The Bertz CT molecular complexity index is 268. The number of aryl methyl sites for hydroxylation is 2. The molecular weight excluding hydrogens is 164 g/mol. The van der Waals surface area contributed by atoms with Crippen molar-refractivity contribution in [1.82, 2.24) is 9.78 Å². The first-order valence-electron chi connectivity index (χ1n) is 4.97. The van der Waals surface area contributed by atoms with Crippen molar-refractivity contribution in [2.45, 2.75) is 46.3 Å². The highest BCUT2D eigenvalue weighted by molar-refractivity contribution is 5.12. The van der Waals surface area contributed by atoms with Gasteiger partial charge in [0, 0.05) is 6.54 Å². The van der Waals surface area contributed by atoms with Crippen LogP contribution in [0.25, 0.3) is 0 Å². The lowest BCUT2D eigenvalue weighted by Gasteiger charge is -2.08. The van der Waals surface area contributed by atoms with Gasteiger partial charge in [-0.25, -0.2) is 0 Å². The third-order valence-electron chi connectivity index (χ3n) is 2.25. The number of rotatable bonds is 4. The van der Waals surface area contributed by atoms with Crippen molar-refractivity contribution in [3.8, 4) is 0 Å². The smallest absolute Gasteiger partial charge is 0.0954 e. The van der Waals surface area contributed by atoms with Crippen molar-refractivity contribution in [3.05, 3.63) is 17.5 Å². The molecule has 1 aromatic heterocycles. The van der Waals surface area contributed by atoms with E-state index in [-0.39, 0.29) is 6.10 Å². The third-order valence-corrected chi connectivity index (χ3v) is 2.25. The van der Waals surface area contributed by atoms with E-state index in [9.17, 15) is 5.11 Å². The van der Waals surface area contributed by atoms with E-state index in [0.717, 1.165) is 30.8 Å². The van der Waals surface area contributed by atoms with Crippen LogP contribution in [0.15, 0.2) is 6.07 Å². The monoisotopic (exact) mass is 182 g/mol. The van der Waals surface area contributed by atoms with E-state index in [1.807, 2.05) is 24.6 Å². The fourth-order valence-electron chi connectivity index (χ4n) is 1.39. The first-order chi connectivity index (χ1) is 6.22. The molecule has 1 unspecified atom stereocenters. The molecule has 74 valence electrons. The van der Waals surface area contributed by atoms with Gasteiger partial charge in [-0.3, -0.25) is 4.68 Å². The van der Waals surface area contributed by atoms with Gasteiger partial charge in [0.15, 0.2) is 0 Å². The van der Waals surface area contributed by atoms with E-state index in [1.54, 1.807) is 0 Å². The Balaban J connectivity index is 2.96. The molecule has 0 amide bonds. The molecule has 1 heterocycles. The summed E-state index contributed by atoms with van der Waals surface area (Å²) >= 11 is 0. The molecule has 0 aliphatic carbocycles. The normalized spacial score (nSPS) is 13.2. The zero-order valence-corrected chi connectivity index (χ0v) is 8.62. The standard InChI is InChI=1S/C10H18N2O/c1-4-8-7-9(10(13)5-2)12(6-3)11-8/h7,10,13H,4-6H2,1-3H3. The topological polar surface area (TPSA) is 38.0 Å². The first kappa shape index (κ1) is 10.3. The van der Waals surface area contributed by atoms with Crippen molar-refractivity contribution in [2.75, 3.05) is 0 Å². The molecule has 0 saturated heterocycles. The lowest BCUT2D eigenvalue weighted by molar-refractivity contribution is 0.162. The second kappa shape index (κ2) is 4.42. The molecular formula is C10H18N2O. The summed E-state index contributed by atoms with van der Waals surface area (Å²) in [6, 6.07) is 2.00. The second-order valence-electron chi connectivity index (χ2n) is 3.15. The zero-order valence-electron chi connectivity index (χ0n) is 8.62. The molecule has 0 radical (unpaired) electrons. The average molecular weight is 182 g/mol. The molecule has 0 spiro atoms. The highest BCUT2D eigenvalue weighted by Crippen LogP contribution is 2.17. The highest BCUT2D eigenvalue weighted by atomic mass is 16.3. The predicted octanol–water partition coefficient (Wildman–Crippen LogP) is 1.91.